The van der Waals surface area contributed by atoms with Crippen LogP contribution in [-0.4, -0.2) is 23.8 Å². The van der Waals surface area contributed by atoms with Gasteiger partial charge >= 0.3 is 5.97 Å². The van der Waals surface area contributed by atoms with Crippen LogP contribution in [0.15, 0.2) is 0 Å². The molecule has 0 heterocycles. The third kappa shape index (κ3) is 6.02. The molecule has 0 amide bonds. The third-order valence-electron chi connectivity index (χ3n) is 0.628. The van der Waals surface area contributed by atoms with Crippen molar-refractivity contribution in [3.63, 3.8) is 0 Å². The summed E-state index contributed by atoms with van der Waals surface area (Å²) < 4.78 is 4.41. The SMILES string of the molecule is CCOC(=O)C(C)O.[Ti]. The summed E-state index contributed by atoms with van der Waals surface area (Å²) in [4.78, 5) is 10.3. The Morgan fingerprint density at radius 1 is 1.78 bits per heavy atom. The normalized spacial score (nSPS) is 11.4. The molecular formula is C5H10O3Ti. The molecule has 0 aromatic carbocycles. The topological polar surface area (TPSA) is 46.5 Å². The molecule has 0 rings (SSSR count). The molecular weight excluding hydrogens is 156 g/mol. The van der Waals surface area contributed by atoms with E-state index in [9.17, 15) is 4.79 Å². The average molecular weight is 166 g/mol. The van der Waals surface area contributed by atoms with Crippen molar-refractivity contribution in [2.45, 2.75) is 20.0 Å². The number of hydrogen-bond donors (Lipinski definition) is 1. The first-order valence-electron chi connectivity index (χ1n) is 2.53. The van der Waals surface area contributed by atoms with Crippen molar-refractivity contribution in [1.29, 1.82) is 0 Å². The van der Waals surface area contributed by atoms with E-state index in [1.54, 1.807) is 6.92 Å². The van der Waals surface area contributed by atoms with E-state index in [-0.39, 0.29) is 21.7 Å². The molecule has 52 valence electrons. The molecule has 9 heavy (non-hydrogen) atoms. The van der Waals surface area contributed by atoms with Crippen LogP contribution in [0.5, 0.6) is 0 Å². The van der Waals surface area contributed by atoms with Crippen LogP contribution in [0, 0.1) is 0 Å². The first-order valence-corrected chi connectivity index (χ1v) is 2.53. The van der Waals surface area contributed by atoms with E-state index in [1.165, 1.54) is 6.92 Å². The van der Waals surface area contributed by atoms with Gasteiger partial charge in [0.1, 0.15) is 6.10 Å². The molecule has 0 aliphatic rings. The van der Waals surface area contributed by atoms with E-state index in [1.807, 2.05) is 0 Å². The molecule has 3 nitrogen and oxygen atoms in total. The summed E-state index contributed by atoms with van der Waals surface area (Å²) in [6.07, 6.45) is -0.991. The molecule has 4 heteroatoms. The summed E-state index contributed by atoms with van der Waals surface area (Å²) in [7, 11) is 0. The van der Waals surface area contributed by atoms with Crippen LogP contribution in [0.25, 0.3) is 0 Å². The largest absolute Gasteiger partial charge is 0.464 e. The Bertz CT molecular complexity index is 82.3. The maximum atomic E-state index is 10.3. The van der Waals surface area contributed by atoms with Crippen LogP contribution in [0.4, 0.5) is 0 Å². The van der Waals surface area contributed by atoms with E-state index < -0.39 is 12.1 Å². The third-order valence-corrected chi connectivity index (χ3v) is 0.628. The minimum atomic E-state index is -0.991. The monoisotopic (exact) mass is 166 g/mol. The fourth-order valence-corrected chi connectivity index (χ4v) is 0.263. The maximum Gasteiger partial charge on any atom is 0.334 e. The smallest absolute Gasteiger partial charge is 0.334 e. The number of carbonyl (C=O) groups excluding carboxylic acids is 1. The number of carbonyl (C=O) groups is 1. The standard InChI is InChI=1S/C5H10O3.Ti/c1-3-8-5(7)4(2)6;/h4,6H,3H2,1-2H3;. The Hall–Kier alpha value is 0.144. The van der Waals surface area contributed by atoms with Crippen molar-refractivity contribution >= 4 is 5.97 Å². The zero-order chi connectivity index (χ0) is 6.57. The predicted octanol–water partition coefficient (Wildman–Crippen LogP) is -0.0722. The number of esters is 1. The molecule has 0 aliphatic heterocycles. The summed E-state index contributed by atoms with van der Waals surface area (Å²) in [5.74, 6) is -0.562. The van der Waals surface area contributed by atoms with Crippen molar-refractivity contribution in [1.82, 2.24) is 0 Å². The quantitative estimate of drug-likeness (QED) is 0.461. The van der Waals surface area contributed by atoms with E-state index in [0.717, 1.165) is 0 Å². The maximum absolute atomic E-state index is 10.3. The molecule has 0 bridgehead atoms. The van der Waals surface area contributed by atoms with Gasteiger partial charge in [0, 0.05) is 21.7 Å². The van der Waals surface area contributed by atoms with E-state index in [0.29, 0.717) is 6.61 Å². The molecule has 0 saturated carbocycles. The second-order valence-corrected chi connectivity index (χ2v) is 1.43. The van der Waals surface area contributed by atoms with Gasteiger partial charge in [0.2, 0.25) is 0 Å². The zero-order valence-electron chi connectivity index (χ0n) is 5.55. The Morgan fingerprint density at radius 3 is 2.33 bits per heavy atom. The number of ether oxygens (including phenoxy) is 1. The first-order chi connectivity index (χ1) is 3.68. The second-order valence-electron chi connectivity index (χ2n) is 1.43. The summed E-state index contributed by atoms with van der Waals surface area (Å²) in [6.45, 7) is 3.39. The number of aliphatic hydroxyl groups excluding tert-OH is 1. The Kier molecular flexibility index (Phi) is 8.27. The molecule has 0 aliphatic carbocycles. The molecule has 0 radical (unpaired) electrons. The van der Waals surface area contributed by atoms with Crippen molar-refractivity contribution in [3.05, 3.63) is 0 Å². The van der Waals surface area contributed by atoms with Crippen molar-refractivity contribution in [3.8, 4) is 0 Å². The second kappa shape index (κ2) is 6.27. The van der Waals surface area contributed by atoms with Crippen LogP contribution < -0.4 is 0 Å². The molecule has 0 aromatic rings. The first kappa shape index (κ1) is 11.9. The fourth-order valence-electron chi connectivity index (χ4n) is 0.263. The molecule has 1 atom stereocenters. The minimum Gasteiger partial charge on any atom is -0.464 e. The Labute approximate surface area is 69.3 Å². The van der Waals surface area contributed by atoms with Gasteiger partial charge in [0.15, 0.2) is 0 Å². The van der Waals surface area contributed by atoms with Crippen LogP contribution in [0.1, 0.15) is 13.8 Å². The van der Waals surface area contributed by atoms with E-state index in [4.69, 9.17) is 5.11 Å². The average Bonchev–Trinajstić information content (AvgIpc) is 1.67. The molecule has 0 aromatic heterocycles. The Balaban J connectivity index is 0. The fraction of sp³-hybridized carbons (Fsp3) is 0.800. The molecule has 0 spiro atoms. The minimum absolute atomic E-state index is 0. The van der Waals surface area contributed by atoms with Crippen LogP contribution in [-0.2, 0) is 31.2 Å². The zero-order valence-corrected chi connectivity index (χ0v) is 7.11. The van der Waals surface area contributed by atoms with Crippen molar-refractivity contribution in [2.24, 2.45) is 0 Å². The van der Waals surface area contributed by atoms with Gasteiger partial charge < -0.3 is 9.84 Å². The number of rotatable bonds is 2. The predicted molar refractivity (Wildman–Crippen MR) is 28.3 cm³/mol. The molecule has 0 saturated heterocycles. The summed E-state index contributed by atoms with van der Waals surface area (Å²) in [5, 5.41) is 8.48. The van der Waals surface area contributed by atoms with Crippen molar-refractivity contribution in [2.75, 3.05) is 6.61 Å². The van der Waals surface area contributed by atoms with Gasteiger partial charge in [-0.25, -0.2) is 4.79 Å². The number of hydrogen-bond acceptors (Lipinski definition) is 3. The molecule has 1 unspecified atom stereocenters. The van der Waals surface area contributed by atoms with Gasteiger partial charge in [-0.15, -0.1) is 0 Å². The summed E-state index contributed by atoms with van der Waals surface area (Å²) >= 11 is 0. The van der Waals surface area contributed by atoms with Gasteiger partial charge in [-0.1, -0.05) is 0 Å². The van der Waals surface area contributed by atoms with Gasteiger partial charge in [-0.3, -0.25) is 0 Å². The van der Waals surface area contributed by atoms with Crippen LogP contribution >= 0.6 is 0 Å². The van der Waals surface area contributed by atoms with Gasteiger partial charge in [-0.2, -0.15) is 0 Å². The van der Waals surface area contributed by atoms with Crippen LogP contribution in [0.3, 0.4) is 0 Å². The number of aliphatic hydroxyl groups is 1. The van der Waals surface area contributed by atoms with E-state index >= 15 is 0 Å². The van der Waals surface area contributed by atoms with Gasteiger partial charge in [-0.05, 0) is 13.8 Å². The van der Waals surface area contributed by atoms with Gasteiger partial charge in [0.25, 0.3) is 0 Å². The van der Waals surface area contributed by atoms with Gasteiger partial charge in [0.05, 0.1) is 6.61 Å². The summed E-state index contributed by atoms with van der Waals surface area (Å²) in [6, 6.07) is 0. The summed E-state index contributed by atoms with van der Waals surface area (Å²) in [5.41, 5.74) is 0. The van der Waals surface area contributed by atoms with Crippen molar-refractivity contribution < 1.29 is 36.4 Å². The molecule has 0 fully saturated rings. The van der Waals surface area contributed by atoms with E-state index in [2.05, 4.69) is 4.74 Å². The Morgan fingerprint density at radius 2 is 2.22 bits per heavy atom. The van der Waals surface area contributed by atoms with Crippen LogP contribution in [0.2, 0.25) is 0 Å². The molecule has 1 N–H and O–H groups in total.